The van der Waals surface area contributed by atoms with Crippen LogP contribution < -0.4 is 10.1 Å². The summed E-state index contributed by atoms with van der Waals surface area (Å²) in [6.45, 7) is 1.63. The number of anilines is 1. The molecular weight excluding hydrogens is 320 g/mol. The maximum absolute atomic E-state index is 12.1. The summed E-state index contributed by atoms with van der Waals surface area (Å²) < 4.78 is 10.5. The topological polar surface area (TPSA) is 88.4 Å². The van der Waals surface area contributed by atoms with Crippen molar-refractivity contribution in [1.82, 2.24) is 0 Å². The Hall–Kier alpha value is -3.33. The van der Waals surface area contributed by atoms with Crippen molar-refractivity contribution in [3.05, 3.63) is 60.2 Å². The Bertz CT molecular complexity index is 768. The zero-order valence-electron chi connectivity index (χ0n) is 13.8. The third-order valence-corrected chi connectivity index (χ3v) is 3.30. The summed E-state index contributed by atoms with van der Waals surface area (Å²) in [5.41, 5.74) is 0.718. The predicted molar refractivity (Wildman–Crippen MR) is 91.9 cm³/mol. The lowest BCUT2D eigenvalue weighted by molar-refractivity contribution is -0.153. The van der Waals surface area contributed by atoms with E-state index in [1.54, 1.807) is 36.4 Å². The number of nitriles is 1. The van der Waals surface area contributed by atoms with Crippen LogP contribution in [0.4, 0.5) is 5.69 Å². The van der Waals surface area contributed by atoms with E-state index < -0.39 is 18.0 Å². The van der Waals surface area contributed by atoms with Crippen LogP contribution in [0, 0.1) is 11.3 Å². The zero-order chi connectivity index (χ0) is 18.1. The number of hydrogen-bond acceptors (Lipinski definition) is 5. The van der Waals surface area contributed by atoms with Crippen LogP contribution in [0.15, 0.2) is 54.6 Å². The summed E-state index contributed by atoms with van der Waals surface area (Å²) in [7, 11) is 0. The minimum Gasteiger partial charge on any atom is -0.493 e. The maximum Gasteiger partial charge on any atom is 0.310 e. The summed E-state index contributed by atoms with van der Waals surface area (Å²) in [4.78, 5) is 23.9. The van der Waals surface area contributed by atoms with Crippen molar-refractivity contribution in [2.75, 3.05) is 11.9 Å². The molecule has 2 aromatic carbocycles. The molecule has 128 valence electrons. The summed E-state index contributed by atoms with van der Waals surface area (Å²) in [5.74, 6) is -0.374. The molecule has 0 saturated heterocycles. The van der Waals surface area contributed by atoms with Crippen LogP contribution in [0.25, 0.3) is 0 Å². The average molecular weight is 338 g/mol. The first kappa shape index (κ1) is 18.0. The highest BCUT2D eigenvalue weighted by Gasteiger charge is 2.18. The second-order valence-electron chi connectivity index (χ2n) is 5.19. The molecule has 0 radical (unpaired) electrons. The van der Waals surface area contributed by atoms with E-state index in [1.165, 1.54) is 6.92 Å². The molecule has 0 bridgehead atoms. The van der Waals surface area contributed by atoms with E-state index >= 15 is 0 Å². The molecule has 1 amide bonds. The molecule has 6 heteroatoms. The third-order valence-electron chi connectivity index (χ3n) is 3.30. The van der Waals surface area contributed by atoms with Crippen LogP contribution >= 0.6 is 0 Å². The van der Waals surface area contributed by atoms with Crippen LogP contribution in [-0.4, -0.2) is 24.6 Å². The molecule has 1 atom stereocenters. The molecule has 0 aliphatic carbocycles. The van der Waals surface area contributed by atoms with E-state index in [4.69, 9.17) is 14.7 Å². The van der Waals surface area contributed by atoms with E-state index in [9.17, 15) is 9.59 Å². The molecule has 0 saturated carbocycles. The van der Waals surface area contributed by atoms with Crippen LogP contribution in [0.2, 0.25) is 0 Å². The van der Waals surface area contributed by atoms with Gasteiger partial charge in [0.1, 0.15) is 11.8 Å². The van der Waals surface area contributed by atoms with Crippen LogP contribution in [0.5, 0.6) is 5.75 Å². The van der Waals surface area contributed by atoms with Crippen molar-refractivity contribution in [3.63, 3.8) is 0 Å². The third kappa shape index (κ3) is 5.66. The highest BCUT2D eigenvalue weighted by molar-refractivity contribution is 5.96. The van der Waals surface area contributed by atoms with E-state index in [-0.39, 0.29) is 13.0 Å². The minimum atomic E-state index is -0.976. The van der Waals surface area contributed by atoms with Gasteiger partial charge in [0.05, 0.1) is 24.3 Å². The van der Waals surface area contributed by atoms with Gasteiger partial charge in [0.2, 0.25) is 0 Å². The van der Waals surface area contributed by atoms with Crippen molar-refractivity contribution >= 4 is 17.6 Å². The lowest BCUT2D eigenvalue weighted by Crippen LogP contribution is -2.30. The molecule has 6 nitrogen and oxygen atoms in total. The number of hydrogen-bond donors (Lipinski definition) is 1. The average Bonchev–Trinajstić information content (AvgIpc) is 2.63. The van der Waals surface area contributed by atoms with Crippen molar-refractivity contribution in [2.45, 2.75) is 19.4 Å². The summed E-state index contributed by atoms with van der Waals surface area (Å²) >= 11 is 0. The van der Waals surface area contributed by atoms with E-state index in [1.807, 2.05) is 24.3 Å². The van der Waals surface area contributed by atoms with Crippen LogP contribution in [0.3, 0.4) is 0 Å². The minimum absolute atomic E-state index is 0.0291. The van der Waals surface area contributed by atoms with Crippen molar-refractivity contribution in [3.8, 4) is 11.8 Å². The lowest BCUT2D eigenvalue weighted by Gasteiger charge is -2.14. The molecule has 0 aromatic heterocycles. The summed E-state index contributed by atoms with van der Waals surface area (Å²) in [6, 6.07) is 17.7. The van der Waals surface area contributed by atoms with Gasteiger partial charge in [-0.1, -0.05) is 30.3 Å². The first-order valence-corrected chi connectivity index (χ1v) is 7.77. The predicted octanol–water partition coefficient (Wildman–Crippen LogP) is 2.90. The molecule has 0 spiro atoms. The largest absolute Gasteiger partial charge is 0.493 e. The number of nitrogens with one attached hydrogen (secondary N) is 1. The summed E-state index contributed by atoms with van der Waals surface area (Å²) in [5, 5.41) is 11.6. The molecule has 2 rings (SSSR count). The Morgan fingerprint density at radius 2 is 1.80 bits per heavy atom. The number of esters is 1. The quantitative estimate of drug-likeness (QED) is 0.784. The smallest absolute Gasteiger partial charge is 0.310 e. The van der Waals surface area contributed by atoms with Gasteiger partial charge in [-0.25, -0.2) is 0 Å². The zero-order valence-corrected chi connectivity index (χ0v) is 13.8. The van der Waals surface area contributed by atoms with Gasteiger partial charge in [-0.2, -0.15) is 5.26 Å². The molecule has 25 heavy (non-hydrogen) atoms. The first-order valence-electron chi connectivity index (χ1n) is 7.77. The number of rotatable bonds is 7. The van der Waals surface area contributed by atoms with E-state index in [2.05, 4.69) is 5.32 Å². The lowest BCUT2D eigenvalue weighted by atomic mass is 10.2. The highest BCUT2D eigenvalue weighted by Crippen LogP contribution is 2.14. The van der Waals surface area contributed by atoms with Gasteiger partial charge in [-0.15, -0.1) is 0 Å². The molecule has 0 aliphatic heterocycles. The van der Waals surface area contributed by atoms with Gasteiger partial charge >= 0.3 is 5.97 Å². The number of carbonyl (C=O) groups is 2. The van der Waals surface area contributed by atoms with Crippen LogP contribution in [-0.2, 0) is 14.3 Å². The Kier molecular flexibility index (Phi) is 6.55. The second-order valence-corrected chi connectivity index (χ2v) is 5.19. The highest BCUT2D eigenvalue weighted by atomic mass is 16.5. The Labute approximate surface area is 146 Å². The number of para-hydroxylation sites is 2. The summed E-state index contributed by atoms with van der Waals surface area (Å²) in [6.07, 6.45) is -0.947. The molecule has 0 fully saturated rings. The molecule has 1 N–H and O–H groups in total. The van der Waals surface area contributed by atoms with Crippen LogP contribution in [0.1, 0.15) is 18.9 Å². The fourth-order valence-corrected chi connectivity index (χ4v) is 2.00. The molecule has 0 aliphatic rings. The Balaban J connectivity index is 1.78. The van der Waals surface area contributed by atoms with Gasteiger partial charge in [-0.05, 0) is 31.2 Å². The van der Waals surface area contributed by atoms with Crippen molar-refractivity contribution in [2.24, 2.45) is 0 Å². The van der Waals surface area contributed by atoms with E-state index in [0.717, 1.165) is 0 Å². The fourth-order valence-electron chi connectivity index (χ4n) is 2.00. The normalized spacial score (nSPS) is 11.0. The number of ether oxygens (including phenoxy) is 2. The van der Waals surface area contributed by atoms with Gasteiger partial charge in [0.25, 0.3) is 5.91 Å². The number of carbonyl (C=O) groups excluding carboxylic acids is 2. The molecular formula is C19H18N2O4. The first-order chi connectivity index (χ1) is 12.1. The number of amides is 1. The standard InChI is InChI=1S/C19H18N2O4/c1-14(19(23)21-17-10-6-5-7-15(17)13-20)25-18(22)11-12-24-16-8-3-2-4-9-16/h2-10,14H,11-12H2,1H3,(H,21,23). The Morgan fingerprint density at radius 3 is 2.52 bits per heavy atom. The second kappa shape index (κ2) is 9.08. The van der Waals surface area contributed by atoms with Gasteiger partial charge < -0.3 is 14.8 Å². The van der Waals surface area contributed by atoms with Crippen molar-refractivity contribution in [1.29, 1.82) is 5.26 Å². The van der Waals surface area contributed by atoms with E-state index in [0.29, 0.717) is 17.0 Å². The van der Waals surface area contributed by atoms with Gasteiger partial charge in [0.15, 0.2) is 6.10 Å². The maximum atomic E-state index is 12.1. The van der Waals surface area contributed by atoms with Crippen molar-refractivity contribution < 1.29 is 19.1 Å². The fraction of sp³-hybridized carbons (Fsp3) is 0.211. The monoisotopic (exact) mass is 338 g/mol. The van der Waals surface area contributed by atoms with Gasteiger partial charge in [0, 0.05) is 0 Å². The SMILES string of the molecule is CC(OC(=O)CCOc1ccccc1)C(=O)Nc1ccccc1C#N. The Morgan fingerprint density at radius 1 is 1.12 bits per heavy atom. The number of nitrogens with zero attached hydrogens (tertiary/aromatic N) is 1. The molecule has 1 unspecified atom stereocenters. The number of benzene rings is 2. The molecule has 0 heterocycles. The van der Waals surface area contributed by atoms with Gasteiger partial charge in [-0.3, -0.25) is 9.59 Å². The molecule has 2 aromatic rings.